The number of aromatic nitrogens is 1. The van der Waals surface area contributed by atoms with Gasteiger partial charge in [-0.2, -0.15) is 13.2 Å². The maximum atomic E-state index is 14.1. The zero-order valence-electron chi connectivity index (χ0n) is 17.5. The van der Waals surface area contributed by atoms with Crippen LogP contribution in [-0.4, -0.2) is 4.98 Å². The van der Waals surface area contributed by atoms with Gasteiger partial charge in [0.1, 0.15) is 5.69 Å². The summed E-state index contributed by atoms with van der Waals surface area (Å²) in [5, 5.41) is 0.517. The van der Waals surface area contributed by atoms with Crippen molar-refractivity contribution in [1.82, 2.24) is 4.98 Å². The molecule has 0 saturated heterocycles. The van der Waals surface area contributed by atoms with Gasteiger partial charge in [0.2, 0.25) is 0 Å². The number of halogens is 12. The second-order valence-corrected chi connectivity index (χ2v) is 11.2. The van der Waals surface area contributed by atoms with E-state index in [1.54, 1.807) is 0 Å². The first-order valence-corrected chi connectivity index (χ1v) is 13.2. The molecular weight excluding hydrogens is 678 g/mol. The molecule has 0 aliphatic heterocycles. The van der Waals surface area contributed by atoms with Crippen LogP contribution in [0, 0.1) is 0 Å². The fourth-order valence-corrected chi connectivity index (χ4v) is 5.44. The van der Waals surface area contributed by atoms with Crippen molar-refractivity contribution < 1.29 is 13.2 Å². The molecule has 0 spiro atoms. The Labute approximate surface area is 253 Å². The minimum absolute atomic E-state index is 0.0114. The van der Waals surface area contributed by atoms with Crippen molar-refractivity contribution in [3.8, 4) is 33.5 Å². The summed E-state index contributed by atoms with van der Waals surface area (Å²) in [6.07, 6.45) is -4.87. The summed E-state index contributed by atoms with van der Waals surface area (Å²) in [5.74, 6) is 0. The van der Waals surface area contributed by atoms with Gasteiger partial charge in [0, 0.05) is 22.3 Å². The van der Waals surface area contributed by atoms with E-state index in [0.717, 1.165) is 6.07 Å². The summed E-state index contributed by atoms with van der Waals surface area (Å²) in [4.78, 5) is 3.92. The number of hydrogen-bond acceptors (Lipinski definition) is 1. The van der Waals surface area contributed by atoms with Crippen LogP contribution in [-0.2, 0) is 6.18 Å². The minimum atomic E-state index is -4.87. The Kier molecular flexibility index (Phi) is 8.68. The Morgan fingerprint density at radius 3 is 1.30 bits per heavy atom. The van der Waals surface area contributed by atoms with Gasteiger partial charge in [-0.25, -0.2) is 4.98 Å². The van der Waals surface area contributed by atoms with Gasteiger partial charge in [-0.15, -0.1) is 0 Å². The molecule has 1 nitrogen and oxygen atoms in total. The Bertz CT molecular complexity index is 1490. The summed E-state index contributed by atoms with van der Waals surface area (Å²) in [5.41, 5.74) is -1.08. The van der Waals surface area contributed by atoms with Crippen molar-refractivity contribution in [2.45, 2.75) is 6.18 Å². The second-order valence-electron chi connectivity index (χ2n) is 7.51. The summed E-state index contributed by atoms with van der Waals surface area (Å²) in [7, 11) is 0. The smallest absolute Gasteiger partial charge is 0.243 e. The van der Waals surface area contributed by atoms with Crippen molar-refractivity contribution in [2.24, 2.45) is 0 Å². The third-order valence-electron chi connectivity index (χ3n) is 5.15. The van der Waals surface area contributed by atoms with Crippen LogP contribution >= 0.6 is 104 Å². The van der Waals surface area contributed by atoms with E-state index >= 15 is 0 Å². The molecule has 0 aliphatic rings. The average Bonchev–Trinajstić information content (AvgIpc) is 2.80. The van der Waals surface area contributed by atoms with E-state index in [0.29, 0.717) is 0 Å². The Balaban J connectivity index is 2.27. The SMILES string of the molecule is FC(F)(F)c1cc(-c2cc(Cl)c(Cl)cc2Cl)c(-c2cc(Cl)c(Cl)cc2Cl)c(-c2cc(Cl)c(Cl)cc2Cl)n1. The molecule has 0 atom stereocenters. The molecule has 0 fully saturated rings. The minimum Gasteiger partial charge on any atom is -0.243 e. The van der Waals surface area contributed by atoms with E-state index in [9.17, 15) is 13.2 Å². The van der Waals surface area contributed by atoms with E-state index in [-0.39, 0.29) is 78.7 Å². The number of benzene rings is 3. The van der Waals surface area contributed by atoms with Crippen molar-refractivity contribution in [2.75, 3.05) is 0 Å². The third-order valence-corrected chi connectivity index (χ3v) is 8.26. The lowest BCUT2D eigenvalue weighted by atomic mass is 9.90. The van der Waals surface area contributed by atoms with Crippen LogP contribution in [0.5, 0.6) is 0 Å². The first-order chi connectivity index (χ1) is 17.2. The molecule has 1 heterocycles. The lowest BCUT2D eigenvalue weighted by Gasteiger charge is -2.21. The number of alkyl halides is 3. The van der Waals surface area contributed by atoms with Crippen molar-refractivity contribution in [1.29, 1.82) is 0 Å². The third kappa shape index (κ3) is 5.89. The highest BCUT2D eigenvalue weighted by atomic mass is 35.5. The van der Waals surface area contributed by atoms with Crippen molar-refractivity contribution in [3.63, 3.8) is 0 Å². The highest BCUT2D eigenvalue weighted by Crippen LogP contribution is 2.50. The number of nitrogens with zero attached hydrogens (tertiary/aromatic N) is 1. The molecule has 4 aromatic rings. The molecular formula is C24H7Cl9F3N. The predicted octanol–water partition coefficient (Wildman–Crippen LogP) is 13.0. The number of hydrogen-bond donors (Lipinski definition) is 0. The van der Waals surface area contributed by atoms with Crippen LogP contribution in [0.3, 0.4) is 0 Å². The first-order valence-electron chi connectivity index (χ1n) is 9.76. The number of pyridine rings is 1. The topological polar surface area (TPSA) is 12.9 Å². The highest BCUT2D eigenvalue weighted by molar-refractivity contribution is 6.46. The van der Waals surface area contributed by atoms with Crippen molar-refractivity contribution >= 4 is 104 Å². The molecule has 192 valence electrons. The molecule has 1 aromatic heterocycles. The van der Waals surface area contributed by atoms with Gasteiger partial charge in [-0.05, 0) is 48.0 Å². The van der Waals surface area contributed by atoms with E-state index in [1.165, 1.54) is 36.4 Å². The van der Waals surface area contributed by atoms with Crippen LogP contribution in [0.25, 0.3) is 33.5 Å². The van der Waals surface area contributed by atoms with E-state index in [2.05, 4.69) is 4.98 Å². The van der Waals surface area contributed by atoms with Gasteiger partial charge in [-0.3, -0.25) is 0 Å². The standard InChI is InChI=1S/C24H7Cl9F3N/c25-12-5-18(31)15(28)1-8(12)9-4-21(24(34,35)36)37-23(11-3-17(30)20(33)7-14(11)27)22(9)10-2-16(29)19(32)6-13(10)26/h1-7H. The zero-order valence-corrected chi connectivity index (χ0v) is 24.3. The fraction of sp³-hybridized carbons (Fsp3) is 0.0417. The maximum Gasteiger partial charge on any atom is 0.433 e. The largest absolute Gasteiger partial charge is 0.433 e. The predicted molar refractivity (Wildman–Crippen MR) is 151 cm³/mol. The molecule has 0 N–H and O–H groups in total. The molecule has 13 heteroatoms. The molecule has 37 heavy (non-hydrogen) atoms. The monoisotopic (exact) mass is 681 g/mol. The van der Waals surface area contributed by atoms with Crippen LogP contribution in [0.4, 0.5) is 13.2 Å². The molecule has 0 bridgehead atoms. The lowest BCUT2D eigenvalue weighted by Crippen LogP contribution is -2.10. The fourth-order valence-electron chi connectivity index (χ4n) is 3.52. The summed E-state index contributed by atoms with van der Waals surface area (Å²) in [6, 6.07) is 8.77. The molecule has 0 unspecified atom stereocenters. The Hall–Kier alpha value is -0.790. The number of rotatable bonds is 3. The normalized spacial score (nSPS) is 11.8. The quantitative estimate of drug-likeness (QED) is 0.196. The molecule has 0 radical (unpaired) electrons. The van der Waals surface area contributed by atoms with Crippen LogP contribution in [0.2, 0.25) is 45.2 Å². The Morgan fingerprint density at radius 1 is 0.432 bits per heavy atom. The van der Waals surface area contributed by atoms with E-state index in [1.807, 2.05) is 0 Å². The van der Waals surface area contributed by atoms with Gasteiger partial charge in [0.05, 0.1) is 50.9 Å². The van der Waals surface area contributed by atoms with Gasteiger partial charge in [0.15, 0.2) is 0 Å². The molecule has 4 rings (SSSR count). The second kappa shape index (κ2) is 11.0. The lowest BCUT2D eigenvalue weighted by molar-refractivity contribution is -0.141. The average molecular weight is 685 g/mol. The van der Waals surface area contributed by atoms with Gasteiger partial charge in [0.25, 0.3) is 0 Å². The van der Waals surface area contributed by atoms with Crippen molar-refractivity contribution in [3.05, 3.63) is 93.4 Å². The van der Waals surface area contributed by atoms with Crippen LogP contribution < -0.4 is 0 Å². The van der Waals surface area contributed by atoms with Gasteiger partial charge in [-0.1, -0.05) is 104 Å². The van der Waals surface area contributed by atoms with Gasteiger partial charge >= 0.3 is 6.18 Å². The zero-order chi connectivity index (χ0) is 27.4. The summed E-state index contributed by atoms with van der Waals surface area (Å²) in [6.45, 7) is 0. The highest BCUT2D eigenvalue weighted by Gasteiger charge is 2.36. The molecule has 0 saturated carbocycles. The molecule has 0 aliphatic carbocycles. The Morgan fingerprint density at radius 2 is 0.811 bits per heavy atom. The first kappa shape index (κ1) is 29.2. The van der Waals surface area contributed by atoms with Crippen LogP contribution in [0.1, 0.15) is 5.69 Å². The van der Waals surface area contributed by atoms with E-state index in [4.69, 9.17) is 104 Å². The maximum absolute atomic E-state index is 14.1. The molecule has 0 amide bonds. The molecule has 3 aromatic carbocycles. The van der Waals surface area contributed by atoms with Gasteiger partial charge < -0.3 is 0 Å². The van der Waals surface area contributed by atoms with Crippen LogP contribution in [0.15, 0.2) is 42.5 Å². The summed E-state index contributed by atoms with van der Waals surface area (Å²) < 4.78 is 42.3. The summed E-state index contributed by atoms with van der Waals surface area (Å²) >= 11 is 56.3. The van der Waals surface area contributed by atoms with E-state index < -0.39 is 11.9 Å².